The molecule has 0 fully saturated rings. The Balaban J connectivity index is 1.18. The molecule has 56 heavy (non-hydrogen) atoms. The van der Waals surface area contributed by atoms with Gasteiger partial charge < -0.3 is 4.90 Å². The van der Waals surface area contributed by atoms with Crippen LogP contribution in [0.4, 0.5) is 17.1 Å². The van der Waals surface area contributed by atoms with E-state index in [1.54, 1.807) is 0 Å². The summed E-state index contributed by atoms with van der Waals surface area (Å²) in [6, 6.07) is 73.8. The van der Waals surface area contributed by atoms with Gasteiger partial charge in [0, 0.05) is 38.8 Å². The van der Waals surface area contributed by atoms with Crippen LogP contribution in [0.1, 0.15) is 0 Å². The minimum atomic E-state index is 0.565. The normalized spacial score (nSPS) is 11.2. The zero-order chi connectivity index (χ0) is 37.3. The Morgan fingerprint density at radius 2 is 0.821 bits per heavy atom. The van der Waals surface area contributed by atoms with Crippen LogP contribution in [-0.2, 0) is 0 Å². The van der Waals surface area contributed by atoms with Crippen molar-refractivity contribution in [3.63, 3.8) is 0 Å². The first-order chi connectivity index (χ1) is 27.8. The molecular formula is C51H35N5. The summed E-state index contributed by atoms with van der Waals surface area (Å²) < 4.78 is 2.17. The van der Waals surface area contributed by atoms with Crippen LogP contribution in [0.15, 0.2) is 212 Å². The molecule has 0 aliphatic heterocycles. The molecule has 10 aromatic rings. The third-order valence-corrected chi connectivity index (χ3v) is 10.3. The van der Waals surface area contributed by atoms with Gasteiger partial charge in [-0.15, -0.1) is 0 Å². The first kappa shape index (κ1) is 33.0. The number of aromatic nitrogens is 4. The molecule has 0 saturated carbocycles. The molecule has 0 saturated heterocycles. The Morgan fingerprint density at radius 3 is 1.48 bits per heavy atom. The molecule has 2 heterocycles. The standard InChI is InChI=1S/C51H35N5/c1-4-19-36(20-5-1)41-27-10-11-31-45(41)50-52-49(53-51(54-50)56-47-33-16-13-29-43(47)44-30-14-17-34-48(44)56)38-22-18-21-37(35-38)42-28-12-15-32-46(42)55(39-23-6-2-7-24-39)40-25-8-3-9-26-40/h1-35H. The van der Waals surface area contributed by atoms with Gasteiger partial charge in [-0.1, -0.05) is 164 Å². The average Bonchev–Trinajstić information content (AvgIpc) is 3.62. The van der Waals surface area contributed by atoms with E-state index in [0.29, 0.717) is 17.6 Å². The van der Waals surface area contributed by atoms with E-state index in [2.05, 4.69) is 210 Å². The van der Waals surface area contributed by atoms with E-state index in [9.17, 15) is 0 Å². The highest BCUT2D eigenvalue weighted by molar-refractivity contribution is 6.09. The topological polar surface area (TPSA) is 46.8 Å². The van der Waals surface area contributed by atoms with Gasteiger partial charge in [-0.2, -0.15) is 9.97 Å². The van der Waals surface area contributed by atoms with Gasteiger partial charge in [0.05, 0.1) is 16.7 Å². The maximum absolute atomic E-state index is 5.29. The molecule has 0 atom stereocenters. The predicted octanol–water partition coefficient (Wildman–Crippen LogP) is 13.1. The maximum atomic E-state index is 5.29. The van der Waals surface area contributed by atoms with Crippen LogP contribution in [0, 0.1) is 0 Å². The van der Waals surface area contributed by atoms with Gasteiger partial charge in [0.2, 0.25) is 5.95 Å². The van der Waals surface area contributed by atoms with E-state index in [1.165, 1.54) is 0 Å². The van der Waals surface area contributed by atoms with Crippen molar-refractivity contribution in [3.05, 3.63) is 212 Å². The Hall–Kier alpha value is -7.63. The lowest BCUT2D eigenvalue weighted by atomic mass is 9.98. The first-order valence-corrected chi connectivity index (χ1v) is 18.8. The van der Waals surface area contributed by atoms with Gasteiger partial charge in [0.15, 0.2) is 11.6 Å². The van der Waals surface area contributed by atoms with Crippen molar-refractivity contribution in [2.45, 2.75) is 0 Å². The number of hydrogen-bond donors (Lipinski definition) is 0. The smallest absolute Gasteiger partial charge is 0.238 e. The van der Waals surface area contributed by atoms with Crippen molar-refractivity contribution in [3.8, 4) is 51.0 Å². The summed E-state index contributed by atoms with van der Waals surface area (Å²) in [5, 5.41) is 2.30. The molecule has 5 heteroatoms. The highest BCUT2D eigenvalue weighted by Gasteiger charge is 2.21. The molecule has 0 bridgehead atoms. The summed E-state index contributed by atoms with van der Waals surface area (Å²) in [7, 11) is 0. The third kappa shape index (κ3) is 5.98. The van der Waals surface area contributed by atoms with E-state index in [1.807, 2.05) is 12.1 Å². The van der Waals surface area contributed by atoms with E-state index in [0.717, 1.165) is 72.2 Å². The van der Waals surface area contributed by atoms with Crippen LogP contribution in [0.5, 0.6) is 0 Å². The highest BCUT2D eigenvalue weighted by Crippen LogP contribution is 2.41. The number of benzene rings is 8. The minimum absolute atomic E-state index is 0.565. The van der Waals surface area contributed by atoms with Crippen molar-refractivity contribution in [2.24, 2.45) is 0 Å². The molecule has 0 spiro atoms. The minimum Gasteiger partial charge on any atom is -0.310 e. The molecule has 2 aromatic heterocycles. The van der Waals surface area contributed by atoms with Gasteiger partial charge in [-0.3, -0.25) is 4.57 Å². The van der Waals surface area contributed by atoms with E-state index >= 15 is 0 Å². The average molecular weight is 718 g/mol. The molecule has 0 radical (unpaired) electrons. The molecule has 8 aromatic carbocycles. The van der Waals surface area contributed by atoms with Gasteiger partial charge in [-0.05, 0) is 65.2 Å². The Bertz CT molecular complexity index is 2880. The predicted molar refractivity (Wildman–Crippen MR) is 231 cm³/mol. The van der Waals surface area contributed by atoms with Crippen molar-refractivity contribution < 1.29 is 0 Å². The fraction of sp³-hybridized carbons (Fsp3) is 0. The van der Waals surface area contributed by atoms with Crippen molar-refractivity contribution in [1.29, 1.82) is 0 Å². The van der Waals surface area contributed by atoms with E-state index in [4.69, 9.17) is 15.0 Å². The number of fused-ring (bicyclic) bond motifs is 3. The summed E-state index contributed by atoms with van der Waals surface area (Å²) in [4.78, 5) is 18.2. The van der Waals surface area contributed by atoms with Gasteiger partial charge in [-0.25, -0.2) is 4.98 Å². The second kappa shape index (κ2) is 14.3. The van der Waals surface area contributed by atoms with Crippen LogP contribution < -0.4 is 4.90 Å². The summed E-state index contributed by atoms with van der Waals surface area (Å²) in [5.74, 6) is 1.77. The highest BCUT2D eigenvalue weighted by atomic mass is 15.2. The second-order valence-corrected chi connectivity index (χ2v) is 13.7. The quantitative estimate of drug-likeness (QED) is 0.157. The lowest BCUT2D eigenvalue weighted by molar-refractivity contribution is 0.953. The summed E-state index contributed by atoms with van der Waals surface area (Å²) in [6.45, 7) is 0. The van der Waals surface area contributed by atoms with Crippen molar-refractivity contribution >= 4 is 38.9 Å². The Kier molecular flexibility index (Phi) is 8.43. The number of anilines is 3. The molecule has 0 unspecified atom stereocenters. The summed E-state index contributed by atoms with van der Waals surface area (Å²) in [6.07, 6.45) is 0. The summed E-state index contributed by atoms with van der Waals surface area (Å²) in [5.41, 5.74) is 11.4. The van der Waals surface area contributed by atoms with E-state index in [-0.39, 0.29) is 0 Å². The Morgan fingerprint density at radius 1 is 0.339 bits per heavy atom. The number of para-hydroxylation sites is 5. The molecule has 0 amide bonds. The molecule has 5 nitrogen and oxygen atoms in total. The fourth-order valence-electron chi connectivity index (χ4n) is 7.72. The largest absolute Gasteiger partial charge is 0.310 e. The van der Waals surface area contributed by atoms with Crippen LogP contribution in [0.25, 0.3) is 72.8 Å². The zero-order valence-corrected chi connectivity index (χ0v) is 30.4. The van der Waals surface area contributed by atoms with Crippen LogP contribution in [-0.4, -0.2) is 19.5 Å². The molecule has 0 aliphatic rings. The van der Waals surface area contributed by atoms with Crippen molar-refractivity contribution in [1.82, 2.24) is 19.5 Å². The third-order valence-electron chi connectivity index (χ3n) is 10.3. The van der Waals surface area contributed by atoms with Gasteiger partial charge in [0.1, 0.15) is 0 Å². The zero-order valence-electron chi connectivity index (χ0n) is 30.4. The van der Waals surface area contributed by atoms with Gasteiger partial charge >= 0.3 is 0 Å². The molecule has 0 aliphatic carbocycles. The summed E-state index contributed by atoms with van der Waals surface area (Å²) >= 11 is 0. The fourth-order valence-corrected chi connectivity index (χ4v) is 7.72. The molecular weight excluding hydrogens is 683 g/mol. The number of rotatable bonds is 8. The van der Waals surface area contributed by atoms with E-state index < -0.39 is 0 Å². The maximum Gasteiger partial charge on any atom is 0.238 e. The van der Waals surface area contributed by atoms with Crippen LogP contribution in [0.2, 0.25) is 0 Å². The molecule has 0 N–H and O–H groups in total. The SMILES string of the molecule is c1ccc(-c2ccccc2-c2nc(-c3cccc(-c4ccccc4N(c4ccccc4)c4ccccc4)c3)nc(-n3c4ccccc4c4ccccc43)n2)cc1. The lowest BCUT2D eigenvalue weighted by Crippen LogP contribution is -2.11. The lowest BCUT2D eigenvalue weighted by Gasteiger charge is -2.27. The van der Waals surface area contributed by atoms with Crippen molar-refractivity contribution in [2.75, 3.05) is 4.90 Å². The van der Waals surface area contributed by atoms with Crippen LogP contribution in [0.3, 0.4) is 0 Å². The van der Waals surface area contributed by atoms with Crippen LogP contribution >= 0.6 is 0 Å². The van der Waals surface area contributed by atoms with Gasteiger partial charge in [0.25, 0.3) is 0 Å². The molecule has 264 valence electrons. The Labute approximate surface area is 325 Å². The monoisotopic (exact) mass is 717 g/mol. The number of hydrogen-bond acceptors (Lipinski definition) is 4. The molecule has 10 rings (SSSR count). The second-order valence-electron chi connectivity index (χ2n) is 13.7. The first-order valence-electron chi connectivity index (χ1n) is 18.8. The number of nitrogens with zero attached hydrogens (tertiary/aromatic N) is 5.